The fourth-order valence-electron chi connectivity index (χ4n) is 3.95. The van der Waals surface area contributed by atoms with E-state index in [1.165, 1.54) is 0 Å². The van der Waals surface area contributed by atoms with E-state index in [0.29, 0.717) is 38.9 Å². The molecule has 0 radical (unpaired) electrons. The molecule has 144 valence electrons. The average molecular weight is 388 g/mol. The number of hydrogen-bond donors (Lipinski definition) is 0. The zero-order valence-corrected chi connectivity index (χ0v) is 16.4. The highest BCUT2D eigenvalue weighted by molar-refractivity contribution is 7.10. The second-order valence-corrected chi connectivity index (χ2v) is 8.41. The van der Waals surface area contributed by atoms with Gasteiger partial charge in [0.25, 0.3) is 5.91 Å². The summed E-state index contributed by atoms with van der Waals surface area (Å²) in [5, 5.41) is 1.99. The first-order valence-electron chi connectivity index (χ1n) is 9.19. The van der Waals surface area contributed by atoms with Gasteiger partial charge in [0.05, 0.1) is 13.0 Å². The van der Waals surface area contributed by atoms with E-state index < -0.39 is 11.7 Å². The molecule has 27 heavy (non-hydrogen) atoms. The van der Waals surface area contributed by atoms with Crippen molar-refractivity contribution in [3.05, 3.63) is 40.6 Å². The van der Waals surface area contributed by atoms with Gasteiger partial charge >= 0.3 is 0 Å². The Morgan fingerprint density at radius 2 is 2.15 bits per heavy atom. The zero-order chi connectivity index (χ0) is 19.0. The van der Waals surface area contributed by atoms with Crippen molar-refractivity contribution in [2.24, 2.45) is 0 Å². The first kappa shape index (κ1) is 18.2. The number of rotatable bonds is 3. The van der Waals surface area contributed by atoms with Crippen LogP contribution in [0.4, 0.5) is 0 Å². The van der Waals surface area contributed by atoms with Crippen LogP contribution < -0.4 is 0 Å². The van der Waals surface area contributed by atoms with E-state index in [-0.39, 0.29) is 11.8 Å². The molecule has 0 saturated carbocycles. The summed E-state index contributed by atoms with van der Waals surface area (Å²) < 4.78 is 8.37. The van der Waals surface area contributed by atoms with Crippen LogP contribution in [-0.2, 0) is 32.9 Å². The highest BCUT2D eigenvalue weighted by Crippen LogP contribution is 2.40. The molecule has 2 amide bonds. The fraction of sp³-hybridized carbons (Fsp3) is 0.526. The third-order valence-electron chi connectivity index (χ3n) is 5.40. The van der Waals surface area contributed by atoms with Crippen molar-refractivity contribution >= 4 is 23.2 Å². The van der Waals surface area contributed by atoms with Gasteiger partial charge in [-0.15, -0.1) is 11.3 Å². The number of aromatic nitrogens is 2. The summed E-state index contributed by atoms with van der Waals surface area (Å²) in [6, 6.07) is 3.96. The fourth-order valence-corrected chi connectivity index (χ4v) is 4.64. The number of thiophene rings is 1. The van der Waals surface area contributed by atoms with Gasteiger partial charge in [-0.25, -0.2) is 4.98 Å². The lowest BCUT2D eigenvalue weighted by atomic mass is 9.88. The van der Waals surface area contributed by atoms with Gasteiger partial charge in [0.1, 0.15) is 11.4 Å². The van der Waals surface area contributed by atoms with E-state index in [2.05, 4.69) is 4.98 Å². The Balaban J connectivity index is 1.49. The van der Waals surface area contributed by atoms with Crippen molar-refractivity contribution in [2.45, 2.75) is 37.5 Å². The third-order valence-corrected chi connectivity index (χ3v) is 6.28. The van der Waals surface area contributed by atoms with Crippen LogP contribution in [0.2, 0.25) is 0 Å². The quantitative estimate of drug-likeness (QED) is 0.799. The Hall–Kier alpha value is -2.19. The molecule has 7 nitrogen and oxygen atoms in total. The number of ether oxygens (including phenoxy) is 1. The van der Waals surface area contributed by atoms with Gasteiger partial charge in [0.15, 0.2) is 6.10 Å². The molecule has 0 bridgehead atoms. The molecule has 4 heterocycles. The van der Waals surface area contributed by atoms with E-state index in [1.807, 2.05) is 33.2 Å². The lowest BCUT2D eigenvalue weighted by Gasteiger charge is -2.45. The Bertz CT molecular complexity index is 822. The molecule has 4 rings (SSSR count). The number of carbonyl (C=O) groups is 2. The number of likely N-dealkylation sites (N-methyl/N-ethyl adjacent to an activating group) is 1. The Morgan fingerprint density at radius 3 is 2.81 bits per heavy atom. The molecular formula is C19H24N4O3S. The Kier molecular flexibility index (Phi) is 4.77. The van der Waals surface area contributed by atoms with E-state index in [0.717, 1.165) is 10.7 Å². The predicted molar refractivity (Wildman–Crippen MR) is 101 cm³/mol. The van der Waals surface area contributed by atoms with Crippen molar-refractivity contribution in [2.75, 3.05) is 27.2 Å². The van der Waals surface area contributed by atoms with Crippen molar-refractivity contribution in [3.8, 4) is 0 Å². The summed E-state index contributed by atoms with van der Waals surface area (Å²) in [4.78, 5) is 34.2. The normalized spacial score (nSPS) is 21.1. The number of nitrogens with zero attached hydrogens (tertiary/aromatic N) is 4. The number of fused-ring (bicyclic) bond motifs is 2. The molecule has 1 saturated heterocycles. The second kappa shape index (κ2) is 7.09. The largest absolute Gasteiger partial charge is 0.352 e. The van der Waals surface area contributed by atoms with Crippen molar-refractivity contribution in [1.29, 1.82) is 0 Å². The number of imidazole rings is 1. The first-order valence-corrected chi connectivity index (χ1v) is 10.1. The maximum atomic E-state index is 12.6. The topological polar surface area (TPSA) is 67.7 Å². The van der Waals surface area contributed by atoms with Crippen molar-refractivity contribution in [1.82, 2.24) is 19.4 Å². The summed E-state index contributed by atoms with van der Waals surface area (Å²) in [6.45, 7) is 1.70. The standard InChI is InChI=1S/C19H24N4O3S/c1-21(2)17(25)15-13-23-10-7-20-18(23)19(26-15)5-8-22(9-6-19)16(24)12-14-4-3-11-27-14/h3-4,7,10-11,15H,5-6,8-9,12-13H2,1-2H3. The molecule has 2 aliphatic rings. The van der Waals surface area contributed by atoms with Gasteiger partial charge < -0.3 is 19.1 Å². The summed E-state index contributed by atoms with van der Waals surface area (Å²) in [5.74, 6) is 0.980. The summed E-state index contributed by atoms with van der Waals surface area (Å²) in [6.07, 6.45) is 4.90. The van der Waals surface area contributed by atoms with E-state index >= 15 is 0 Å². The van der Waals surface area contributed by atoms with Crippen LogP contribution in [-0.4, -0.2) is 64.5 Å². The summed E-state index contributed by atoms with van der Waals surface area (Å²) in [7, 11) is 3.49. The number of carbonyl (C=O) groups excluding carboxylic acids is 2. The average Bonchev–Trinajstić information content (AvgIpc) is 3.33. The lowest BCUT2D eigenvalue weighted by molar-refractivity contribution is -0.181. The molecule has 2 aromatic heterocycles. The molecule has 2 aliphatic heterocycles. The molecule has 2 aromatic rings. The van der Waals surface area contributed by atoms with E-state index in [9.17, 15) is 9.59 Å². The molecular weight excluding hydrogens is 364 g/mol. The first-order chi connectivity index (χ1) is 13.0. The SMILES string of the molecule is CN(C)C(=O)C1Cn2ccnc2C2(CCN(C(=O)Cc3cccs3)CC2)O1. The minimum absolute atomic E-state index is 0.0371. The van der Waals surface area contributed by atoms with Crippen LogP contribution >= 0.6 is 11.3 Å². The highest BCUT2D eigenvalue weighted by atomic mass is 32.1. The van der Waals surface area contributed by atoms with Crippen LogP contribution in [0.1, 0.15) is 23.5 Å². The third kappa shape index (κ3) is 3.39. The van der Waals surface area contributed by atoms with Crippen LogP contribution in [0.25, 0.3) is 0 Å². The second-order valence-electron chi connectivity index (χ2n) is 7.37. The van der Waals surface area contributed by atoms with Crippen LogP contribution in [0.5, 0.6) is 0 Å². The van der Waals surface area contributed by atoms with Crippen LogP contribution in [0, 0.1) is 0 Å². The van der Waals surface area contributed by atoms with Gasteiger partial charge in [-0.3, -0.25) is 9.59 Å². The van der Waals surface area contributed by atoms with Gasteiger partial charge in [0, 0.05) is 57.3 Å². The molecule has 1 unspecified atom stereocenters. The Labute approximate surface area is 162 Å². The van der Waals surface area contributed by atoms with Crippen molar-refractivity contribution in [3.63, 3.8) is 0 Å². The minimum Gasteiger partial charge on any atom is -0.352 e. The summed E-state index contributed by atoms with van der Waals surface area (Å²) in [5.41, 5.74) is -0.599. The molecule has 8 heteroatoms. The smallest absolute Gasteiger partial charge is 0.253 e. The van der Waals surface area contributed by atoms with Crippen molar-refractivity contribution < 1.29 is 14.3 Å². The zero-order valence-electron chi connectivity index (χ0n) is 15.6. The maximum absolute atomic E-state index is 12.6. The molecule has 1 spiro atoms. The van der Waals surface area contributed by atoms with Crippen LogP contribution in [0.15, 0.2) is 29.9 Å². The molecule has 1 atom stereocenters. The van der Waals surface area contributed by atoms with E-state index in [4.69, 9.17) is 4.74 Å². The molecule has 0 aromatic carbocycles. The maximum Gasteiger partial charge on any atom is 0.253 e. The van der Waals surface area contributed by atoms with Gasteiger partial charge in [-0.1, -0.05) is 6.07 Å². The van der Waals surface area contributed by atoms with E-state index in [1.54, 1.807) is 36.5 Å². The highest BCUT2D eigenvalue weighted by Gasteiger charge is 2.47. The van der Waals surface area contributed by atoms with Crippen LogP contribution in [0.3, 0.4) is 0 Å². The monoisotopic (exact) mass is 388 g/mol. The Morgan fingerprint density at radius 1 is 1.37 bits per heavy atom. The number of piperidine rings is 1. The predicted octanol–water partition coefficient (Wildman–Crippen LogP) is 1.49. The molecule has 1 fully saturated rings. The minimum atomic E-state index is -0.599. The number of likely N-dealkylation sites (tertiary alicyclic amines) is 1. The summed E-state index contributed by atoms with van der Waals surface area (Å²) >= 11 is 1.61. The molecule has 0 N–H and O–H groups in total. The molecule has 0 aliphatic carbocycles. The number of amides is 2. The lowest BCUT2D eigenvalue weighted by Crippen LogP contribution is -2.54. The number of hydrogen-bond acceptors (Lipinski definition) is 5. The van der Waals surface area contributed by atoms with Gasteiger partial charge in [-0.05, 0) is 11.4 Å². The van der Waals surface area contributed by atoms with Gasteiger partial charge in [-0.2, -0.15) is 0 Å². The van der Waals surface area contributed by atoms with Gasteiger partial charge in [0.2, 0.25) is 5.91 Å².